The van der Waals surface area contributed by atoms with Gasteiger partial charge in [-0.15, -0.1) is 0 Å². The number of nitrogens with two attached hydrogens (primary N) is 1. The number of carbonyl (C=O) groups excluding carboxylic acids is 3. The Kier molecular flexibility index (Phi) is 9.90. The van der Waals surface area contributed by atoms with Crippen LogP contribution >= 0.6 is 0 Å². The Bertz CT molecular complexity index is 1620. The Morgan fingerprint density at radius 2 is 1.73 bits per heavy atom. The highest BCUT2D eigenvalue weighted by molar-refractivity contribution is 5.97. The first-order valence-electron chi connectivity index (χ1n) is 15.7. The van der Waals surface area contributed by atoms with Gasteiger partial charge in [-0.05, 0) is 118 Å². The Morgan fingerprint density at radius 1 is 0.977 bits per heavy atom. The lowest BCUT2D eigenvalue weighted by Gasteiger charge is -2.27. The van der Waals surface area contributed by atoms with Gasteiger partial charge in [0.1, 0.15) is 5.78 Å². The maximum absolute atomic E-state index is 13.7. The average molecular weight is 594 g/mol. The summed E-state index contributed by atoms with van der Waals surface area (Å²) in [5.74, 6) is -0.0997. The van der Waals surface area contributed by atoms with Gasteiger partial charge in [0.25, 0.3) is 5.91 Å². The number of ketones is 1. The van der Waals surface area contributed by atoms with Crippen molar-refractivity contribution in [2.45, 2.75) is 65.3 Å². The molecule has 2 amide bonds. The van der Waals surface area contributed by atoms with Crippen LogP contribution in [0.3, 0.4) is 0 Å². The van der Waals surface area contributed by atoms with Crippen LogP contribution in [0.15, 0.2) is 67.0 Å². The van der Waals surface area contributed by atoms with Crippen LogP contribution in [0.1, 0.15) is 67.4 Å². The van der Waals surface area contributed by atoms with Crippen LogP contribution in [0.25, 0.3) is 22.2 Å². The van der Waals surface area contributed by atoms with Crippen molar-refractivity contribution in [3.05, 3.63) is 83.7 Å². The molecule has 1 aromatic heterocycles. The van der Waals surface area contributed by atoms with Crippen molar-refractivity contribution < 1.29 is 14.4 Å². The number of rotatable bonds is 11. The Balaban J connectivity index is 1.31. The molecule has 1 saturated carbocycles. The smallest absolute Gasteiger partial charge is 0.251 e. The molecule has 1 fully saturated rings. The molecule has 3 aromatic carbocycles. The van der Waals surface area contributed by atoms with E-state index in [0.717, 1.165) is 59.0 Å². The standard InChI is InChI=1S/C36H43N5O3/c1-22(2)40-35(43)28-12-14-31(23(3)16-28)26-8-4-24(5-9-26)17-29(18-34(42)27-10-6-25(20-37)7-11-27)36(44)41-30-13-15-32-33(19-30)39-21-38-32/h4-5,8-9,12-16,19,21-22,25,27,29H,6-7,10-11,17-18,20,37H2,1-3H3,(H,38,39)(H,40,43)(H,41,44)/t25?,27?,29-/m1/s1. The predicted octanol–water partition coefficient (Wildman–Crippen LogP) is 6.20. The summed E-state index contributed by atoms with van der Waals surface area (Å²) in [6, 6.07) is 19.5. The first-order chi connectivity index (χ1) is 21.2. The van der Waals surface area contributed by atoms with Crippen LogP contribution in [0.2, 0.25) is 0 Å². The first-order valence-corrected chi connectivity index (χ1v) is 15.7. The van der Waals surface area contributed by atoms with Gasteiger partial charge in [-0.25, -0.2) is 4.98 Å². The number of Topliss-reactive ketones (excluding diaryl/α,β-unsaturated/α-hetero) is 1. The molecular weight excluding hydrogens is 550 g/mol. The SMILES string of the molecule is Cc1cc(C(=O)NC(C)C)ccc1-c1ccc(C[C@H](CC(=O)C2CCC(CN)CC2)C(=O)Nc2ccc3nc[nH]c3c2)cc1. The van der Waals surface area contributed by atoms with E-state index in [1.54, 1.807) is 6.33 Å². The quantitative estimate of drug-likeness (QED) is 0.165. The fraction of sp³-hybridized carbons (Fsp3) is 0.389. The minimum atomic E-state index is -0.501. The summed E-state index contributed by atoms with van der Waals surface area (Å²) >= 11 is 0. The zero-order chi connectivity index (χ0) is 31.2. The van der Waals surface area contributed by atoms with Crippen molar-refractivity contribution in [3.63, 3.8) is 0 Å². The number of anilines is 1. The van der Waals surface area contributed by atoms with Crippen molar-refractivity contribution in [2.24, 2.45) is 23.5 Å². The molecule has 0 saturated heterocycles. The predicted molar refractivity (Wildman–Crippen MR) is 175 cm³/mol. The lowest BCUT2D eigenvalue weighted by Crippen LogP contribution is -2.31. The van der Waals surface area contributed by atoms with Crippen LogP contribution in [0.5, 0.6) is 0 Å². The number of fused-ring (bicyclic) bond motifs is 1. The van der Waals surface area contributed by atoms with Gasteiger partial charge in [0, 0.05) is 35.5 Å². The highest BCUT2D eigenvalue weighted by Crippen LogP contribution is 2.31. The van der Waals surface area contributed by atoms with E-state index in [1.807, 2.05) is 81.4 Å². The molecule has 8 heteroatoms. The summed E-state index contributed by atoms with van der Waals surface area (Å²) in [6.45, 7) is 6.55. The number of imidazole rings is 1. The molecule has 1 aliphatic carbocycles. The Labute approximate surface area is 259 Å². The summed E-state index contributed by atoms with van der Waals surface area (Å²) in [5.41, 5.74) is 12.9. The maximum atomic E-state index is 13.7. The van der Waals surface area contributed by atoms with E-state index in [9.17, 15) is 14.4 Å². The lowest BCUT2D eigenvalue weighted by atomic mass is 9.77. The van der Waals surface area contributed by atoms with E-state index < -0.39 is 5.92 Å². The zero-order valence-corrected chi connectivity index (χ0v) is 25.9. The first kappa shape index (κ1) is 31.1. The second-order valence-corrected chi connectivity index (χ2v) is 12.5. The molecule has 1 atom stereocenters. The average Bonchev–Trinajstić information content (AvgIpc) is 3.49. The lowest BCUT2D eigenvalue weighted by molar-refractivity contribution is -0.129. The Morgan fingerprint density at radius 3 is 2.41 bits per heavy atom. The zero-order valence-electron chi connectivity index (χ0n) is 25.9. The number of hydrogen-bond donors (Lipinski definition) is 4. The van der Waals surface area contributed by atoms with E-state index in [1.165, 1.54) is 0 Å². The van der Waals surface area contributed by atoms with E-state index >= 15 is 0 Å². The number of nitrogens with one attached hydrogen (secondary N) is 3. The highest BCUT2D eigenvalue weighted by atomic mass is 16.2. The molecule has 0 aliphatic heterocycles. The van der Waals surface area contributed by atoms with Gasteiger partial charge in [-0.1, -0.05) is 30.3 Å². The van der Waals surface area contributed by atoms with Crippen molar-refractivity contribution >= 4 is 34.3 Å². The summed E-state index contributed by atoms with van der Waals surface area (Å²) < 4.78 is 0. The van der Waals surface area contributed by atoms with Crippen LogP contribution in [0, 0.1) is 24.7 Å². The number of benzene rings is 3. The molecule has 0 spiro atoms. The molecule has 4 aromatic rings. The summed E-state index contributed by atoms with van der Waals surface area (Å²) in [6.07, 6.45) is 5.91. The van der Waals surface area contributed by atoms with E-state index in [4.69, 9.17) is 5.73 Å². The second kappa shape index (κ2) is 14.0. The van der Waals surface area contributed by atoms with Gasteiger partial charge in [0.05, 0.1) is 17.4 Å². The molecule has 44 heavy (non-hydrogen) atoms. The number of carbonyl (C=O) groups is 3. The van der Waals surface area contributed by atoms with Gasteiger partial charge in [-0.3, -0.25) is 14.4 Å². The highest BCUT2D eigenvalue weighted by Gasteiger charge is 2.30. The third kappa shape index (κ3) is 7.61. The summed E-state index contributed by atoms with van der Waals surface area (Å²) in [5, 5.41) is 5.99. The number of amides is 2. The maximum Gasteiger partial charge on any atom is 0.251 e. The third-order valence-electron chi connectivity index (χ3n) is 8.80. The molecular formula is C36H43N5O3. The minimum absolute atomic E-state index is 0.00890. The van der Waals surface area contributed by atoms with Crippen LogP contribution in [0.4, 0.5) is 5.69 Å². The van der Waals surface area contributed by atoms with Crippen LogP contribution in [-0.2, 0) is 16.0 Å². The number of aryl methyl sites for hydroxylation is 1. The largest absolute Gasteiger partial charge is 0.350 e. The summed E-state index contributed by atoms with van der Waals surface area (Å²) in [7, 11) is 0. The Hall–Kier alpha value is -4.30. The van der Waals surface area contributed by atoms with Gasteiger partial charge < -0.3 is 21.4 Å². The van der Waals surface area contributed by atoms with Gasteiger partial charge in [0.15, 0.2) is 0 Å². The van der Waals surface area contributed by atoms with Gasteiger partial charge in [-0.2, -0.15) is 0 Å². The topological polar surface area (TPSA) is 130 Å². The van der Waals surface area contributed by atoms with E-state index in [2.05, 4.69) is 20.6 Å². The van der Waals surface area contributed by atoms with Crippen molar-refractivity contribution in [1.29, 1.82) is 0 Å². The number of hydrogen-bond acceptors (Lipinski definition) is 5. The molecule has 1 aliphatic rings. The molecule has 0 bridgehead atoms. The number of H-pyrrole nitrogens is 1. The fourth-order valence-electron chi connectivity index (χ4n) is 6.22. The molecule has 0 radical (unpaired) electrons. The second-order valence-electron chi connectivity index (χ2n) is 12.5. The number of aromatic nitrogens is 2. The molecule has 0 unspecified atom stereocenters. The molecule has 8 nitrogen and oxygen atoms in total. The molecule has 5 N–H and O–H groups in total. The number of nitrogens with zero attached hydrogens (tertiary/aromatic N) is 1. The molecule has 1 heterocycles. The monoisotopic (exact) mass is 593 g/mol. The van der Waals surface area contributed by atoms with Crippen molar-refractivity contribution in [2.75, 3.05) is 11.9 Å². The number of aromatic amines is 1. The fourth-order valence-corrected chi connectivity index (χ4v) is 6.22. The molecule has 230 valence electrons. The van der Waals surface area contributed by atoms with E-state index in [-0.39, 0.29) is 36.0 Å². The normalized spacial score (nSPS) is 17.4. The van der Waals surface area contributed by atoms with Crippen LogP contribution < -0.4 is 16.4 Å². The van der Waals surface area contributed by atoms with E-state index in [0.29, 0.717) is 30.1 Å². The van der Waals surface area contributed by atoms with Crippen molar-refractivity contribution in [1.82, 2.24) is 15.3 Å². The summed E-state index contributed by atoms with van der Waals surface area (Å²) in [4.78, 5) is 46.9. The van der Waals surface area contributed by atoms with Gasteiger partial charge in [0.2, 0.25) is 5.91 Å². The van der Waals surface area contributed by atoms with Gasteiger partial charge >= 0.3 is 0 Å². The van der Waals surface area contributed by atoms with Crippen LogP contribution in [-0.4, -0.2) is 40.2 Å². The molecule has 5 rings (SSSR count). The third-order valence-corrected chi connectivity index (χ3v) is 8.80. The van der Waals surface area contributed by atoms with Crippen molar-refractivity contribution in [3.8, 4) is 11.1 Å². The minimum Gasteiger partial charge on any atom is -0.350 e.